The highest BCUT2D eigenvalue weighted by Gasteiger charge is 2.42. The molecule has 0 bridgehead atoms. The first-order valence-corrected chi connectivity index (χ1v) is 16.1. The number of likely N-dealkylation sites (N-methyl/N-ethyl adjacent to an activating group) is 1. The maximum atomic E-state index is 14.3. The largest absolute Gasteiger partial charge is 0.480 e. The first-order chi connectivity index (χ1) is 20.5. The van der Waals surface area contributed by atoms with Crippen molar-refractivity contribution in [2.24, 2.45) is 11.8 Å². The Morgan fingerprint density at radius 2 is 1.74 bits per heavy atom. The summed E-state index contributed by atoms with van der Waals surface area (Å²) >= 11 is 1.68. The summed E-state index contributed by atoms with van der Waals surface area (Å²) in [6, 6.07) is 10.5. The number of piperidine rings is 1. The SMILES string of the molecule is Cc1nc(Cc2ccc(F)c(F)c2)sc1C1CCN(CC2CC(N(C)[C@@H](C(=O)O)C(C)C)CC2c2cccc(F)c2)CC1.Cl.Cl.Cl. The highest BCUT2D eigenvalue weighted by molar-refractivity contribution is 7.11. The van der Waals surface area contributed by atoms with Gasteiger partial charge in [-0.2, -0.15) is 0 Å². The fraction of sp³-hybridized carbons (Fsp3) is 0.529. The Balaban J connectivity index is 0.00000245. The van der Waals surface area contributed by atoms with Crippen LogP contribution in [0.5, 0.6) is 0 Å². The first kappa shape index (κ1) is 40.3. The lowest BCUT2D eigenvalue weighted by atomic mass is 9.87. The molecule has 2 fully saturated rings. The number of carboxylic acids is 1. The first-order valence-electron chi connectivity index (χ1n) is 15.3. The van der Waals surface area contributed by atoms with Crippen molar-refractivity contribution in [3.05, 3.63) is 86.6 Å². The van der Waals surface area contributed by atoms with E-state index in [2.05, 4.69) is 4.90 Å². The summed E-state index contributed by atoms with van der Waals surface area (Å²) in [6.07, 6.45) is 4.22. The van der Waals surface area contributed by atoms with Crippen LogP contribution in [0.1, 0.15) is 78.1 Å². The van der Waals surface area contributed by atoms with Crippen molar-refractivity contribution in [2.75, 3.05) is 26.7 Å². The van der Waals surface area contributed by atoms with Gasteiger partial charge in [0, 0.05) is 23.9 Å². The van der Waals surface area contributed by atoms with Crippen LogP contribution in [0.4, 0.5) is 13.2 Å². The predicted octanol–water partition coefficient (Wildman–Crippen LogP) is 8.51. The zero-order chi connectivity index (χ0) is 30.8. The molecule has 2 aromatic carbocycles. The van der Waals surface area contributed by atoms with Crippen molar-refractivity contribution in [1.82, 2.24) is 14.8 Å². The van der Waals surface area contributed by atoms with E-state index in [1.807, 2.05) is 38.8 Å². The average Bonchev–Trinajstić information content (AvgIpc) is 3.54. The molecule has 4 atom stereocenters. The Labute approximate surface area is 293 Å². The number of aryl methyl sites for hydroxylation is 1. The van der Waals surface area contributed by atoms with Crippen molar-refractivity contribution in [3.8, 4) is 0 Å². The molecule has 0 spiro atoms. The summed E-state index contributed by atoms with van der Waals surface area (Å²) < 4.78 is 41.3. The summed E-state index contributed by atoms with van der Waals surface area (Å²) in [4.78, 5) is 22.7. The van der Waals surface area contributed by atoms with Crippen LogP contribution in [0.15, 0.2) is 42.5 Å². The molecule has 1 N–H and O–H groups in total. The van der Waals surface area contributed by atoms with Gasteiger partial charge in [0.1, 0.15) is 11.9 Å². The highest BCUT2D eigenvalue weighted by Crippen LogP contribution is 2.44. The molecule has 1 aliphatic heterocycles. The van der Waals surface area contributed by atoms with Gasteiger partial charge in [-0.05, 0) is 112 Å². The highest BCUT2D eigenvalue weighted by atomic mass is 35.5. The van der Waals surface area contributed by atoms with E-state index in [-0.39, 0.29) is 60.9 Å². The van der Waals surface area contributed by atoms with Crippen LogP contribution in [0, 0.1) is 36.2 Å². The molecule has 2 aliphatic rings. The van der Waals surface area contributed by atoms with Crippen LogP contribution in [0.2, 0.25) is 0 Å². The van der Waals surface area contributed by atoms with Gasteiger partial charge in [0.05, 0.1) is 10.7 Å². The van der Waals surface area contributed by atoms with E-state index in [0.717, 1.165) is 61.6 Å². The van der Waals surface area contributed by atoms with Crippen LogP contribution in [0.3, 0.4) is 0 Å². The lowest BCUT2D eigenvalue weighted by Gasteiger charge is -2.35. The van der Waals surface area contributed by atoms with E-state index in [1.54, 1.807) is 29.5 Å². The monoisotopic (exact) mass is 721 g/mol. The molecule has 256 valence electrons. The van der Waals surface area contributed by atoms with E-state index < -0.39 is 23.6 Å². The quantitative estimate of drug-likeness (QED) is 0.228. The van der Waals surface area contributed by atoms with Gasteiger partial charge in [-0.1, -0.05) is 32.0 Å². The third kappa shape index (κ3) is 9.38. The Hall–Kier alpha value is -1.88. The Bertz CT molecular complexity index is 1440. The number of carbonyl (C=O) groups is 1. The van der Waals surface area contributed by atoms with E-state index in [9.17, 15) is 23.1 Å². The fourth-order valence-corrected chi connectivity index (χ4v) is 8.66. The van der Waals surface area contributed by atoms with Gasteiger partial charge >= 0.3 is 5.97 Å². The van der Waals surface area contributed by atoms with Gasteiger partial charge in [0.15, 0.2) is 11.6 Å². The summed E-state index contributed by atoms with van der Waals surface area (Å²) in [6.45, 7) is 8.75. The number of aliphatic carboxylic acids is 1. The van der Waals surface area contributed by atoms with Gasteiger partial charge in [-0.25, -0.2) is 18.2 Å². The molecular weight excluding hydrogens is 678 g/mol. The Kier molecular flexibility index (Phi) is 15.3. The number of hydrogen-bond acceptors (Lipinski definition) is 5. The van der Waals surface area contributed by atoms with Gasteiger partial charge in [-0.3, -0.25) is 9.69 Å². The molecule has 5 rings (SSSR count). The second kappa shape index (κ2) is 17.5. The molecule has 2 heterocycles. The smallest absolute Gasteiger partial charge is 0.321 e. The Morgan fingerprint density at radius 1 is 1.04 bits per heavy atom. The fourth-order valence-electron chi connectivity index (χ4n) is 7.39. The number of likely N-dealkylation sites (tertiary alicyclic amines) is 1. The minimum Gasteiger partial charge on any atom is -0.480 e. The number of carboxylic acid groups (broad SMARTS) is 1. The summed E-state index contributed by atoms with van der Waals surface area (Å²) in [7, 11) is 1.93. The minimum atomic E-state index is -0.839. The van der Waals surface area contributed by atoms with Crippen LogP contribution in [-0.2, 0) is 11.2 Å². The van der Waals surface area contributed by atoms with E-state index >= 15 is 0 Å². The number of hydrogen-bond donors (Lipinski definition) is 1. The molecule has 0 amide bonds. The van der Waals surface area contributed by atoms with Crippen molar-refractivity contribution >= 4 is 54.5 Å². The molecule has 1 aliphatic carbocycles. The standard InChI is InChI=1S/C34H42F3N3O2S.3ClH/c1-20(2)32(34(41)42)39(4)27-17-25(28(18-27)24-6-5-7-26(35)16-24)19-40-12-10-23(11-13-40)33-21(3)38-31(43-33)15-22-8-9-29(36)30(37)14-22;;;/h5-9,14,16,20,23,25,27-28,32H,10-13,15,17-19H2,1-4H3,(H,41,42);3*1H/t25?,27?,28?,32-;;;/m1.../s1. The summed E-state index contributed by atoms with van der Waals surface area (Å²) in [5, 5.41) is 10.8. The van der Waals surface area contributed by atoms with Crippen LogP contribution in [-0.4, -0.2) is 64.6 Å². The zero-order valence-electron chi connectivity index (χ0n) is 26.6. The molecule has 0 radical (unpaired) electrons. The predicted molar refractivity (Wildman–Crippen MR) is 186 cm³/mol. The van der Waals surface area contributed by atoms with Crippen LogP contribution >= 0.6 is 48.6 Å². The number of benzene rings is 2. The van der Waals surface area contributed by atoms with Crippen molar-refractivity contribution in [3.63, 3.8) is 0 Å². The van der Waals surface area contributed by atoms with Crippen molar-refractivity contribution in [2.45, 2.75) is 76.8 Å². The Morgan fingerprint density at radius 3 is 2.35 bits per heavy atom. The van der Waals surface area contributed by atoms with Crippen LogP contribution < -0.4 is 0 Å². The molecule has 1 aromatic heterocycles. The number of thiazole rings is 1. The minimum absolute atomic E-state index is 0. The van der Waals surface area contributed by atoms with Crippen molar-refractivity contribution < 1.29 is 23.1 Å². The zero-order valence-corrected chi connectivity index (χ0v) is 29.9. The van der Waals surface area contributed by atoms with Gasteiger partial charge < -0.3 is 10.0 Å². The normalized spacial score (nSPS) is 21.0. The maximum absolute atomic E-state index is 14.3. The third-order valence-corrected chi connectivity index (χ3v) is 10.8. The van der Waals surface area contributed by atoms with Gasteiger partial charge in [0.25, 0.3) is 0 Å². The molecule has 12 heteroatoms. The van der Waals surface area contributed by atoms with Crippen molar-refractivity contribution in [1.29, 1.82) is 0 Å². The van der Waals surface area contributed by atoms with E-state index in [0.29, 0.717) is 23.8 Å². The number of rotatable bonds is 10. The summed E-state index contributed by atoms with van der Waals surface area (Å²) in [5.41, 5.74) is 2.73. The third-order valence-electron chi connectivity index (χ3n) is 9.51. The molecule has 46 heavy (non-hydrogen) atoms. The molecule has 1 saturated carbocycles. The lowest BCUT2D eigenvalue weighted by molar-refractivity contribution is -0.145. The second-order valence-electron chi connectivity index (χ2n) is 12.8. The number of nitrogens with zero attached hydrogens (tertiary/aromatic N) is 3. The molecule has 3 aromatic rings. The van der Waals surface area contributed by atoms with Gasteiger partial charge in [0.2, 0.25) is 0 Å². The van der Waals surface area contributed by atoms with E-state index in [1.165, 1.54) is 23.1 Å². The number of halogens is 6. The molecular formula is C34H45Cl3F3N3O2S. The lowest BCUT2D eigenvalue weighted by Crippen LogP contribution is -2.47. The van der Waals surface area contributed by atoms with E-state index in [4.69, 9.17) is 4.98 Å². The molecule has 3 unspecified atom stereocenters. The molecule has 1 saturated heterocycles. The van der Waals surface area contributed by atoms with Gasteiger partial charge in [-0.15, -0.1) is 48.6 Å². The maximum Gasteiger partial charge on any atom is 0.321 e. The van der Waals surface area contributed by atoms with Crippen LogP contribution in [0.25, 0.3) is 0 Å². The summed E-state index contributed by atoms with van der Waals surface area (Å²) in [5.74, 6) is -1.82. The topological polar surface area (TPSA) is 56.7 Å². The average molecular weight is 723 g/mol. The second-order valence-corrected chi connectivity index (χ2v) is 13.9. The number of aromatic nitrogens is 1. The molecule has 5 nitrogen and oxygen atoms in total.